The van der Waals surface area contributed by atoms with Crippen LogP contribution in [0, 0.1) is 17.0 Å². The lowest BCUT2D eigenvalue weighted by molar-refractivity contribution is -0.384. The van der Waals surface area contributed by atoms with Crippen LogP contribution in [-0.4, -0.2) is 39.0 Å². The maximum absolute atomic E-state index is 12.7. The van der Waals surface area contributed by atoms with Crippen molar-refractivity contribution < 1.29 is 24.0 Å². The van der Waals surface area contributed by atoms with Crippen molar-refractivity contribution in [3.8, 4) is 11.3 Å². The minimum absolute atomic E-state index is 0.0390. The maximum atomic E-state index is 12.7. The molecule has 1 saturated heterocycles. The second-order valence-corrected chi connectivity index (χ2v) is 8.19. The molecule has 1 N–H and O–H groups in total. The largest absolute Gasteiger partial charge is 0.478 e. The summed E-state index contributed by atoms with van der Waals surface area (Å²) in [5, 5.41) is 20.6. The fourth-order valence-corrected chi connectivity index (χ4v) is 4.13. The average molecular weight is 463 g/mol. The first-order valence-electron chi connectivity index (χ1n) is 9.68. The number of carboxylic acid groups (broad SMARTS) is 1. The van der Waals surface area contributed by atoms with Crippen LogP contribution >= 0.6 is 11.8 Å². The van der Waals surface area contributed by atoms with Crippen LogP contribution in [-0.2, 0) is 4.79 Å². The Labute approximate surface area is 192 Å². The molecule has 0 atom stereocenters. The zero-order valence-electron chi connectivity index (χ0n) is 17.5. The lowest BCUT2D eigenvalue weighted by atomic mass is 10.1. The number of nitrogens with zero attached hydrogens (tertiary/aromatic N) is 3. The second-order valence-electron chi connectivity index (χ2n) is 7.18. The Kier molecular flexibility index (Phi) is 5.84. The Morgan fingerprint density at radius 3 is 2.73 bits per heavy atom. The zero-order chi connectivity index (χ0) is 23.7. The monoisotopic (exact) mass is 463 g/mol. The van der Waals surface area contributed by atoms with Gasteiger partial charge in [0.2, 0.25) is 0 Å². The highest BCUT2D eigenvalue weighted by Crippen LogP contribution is 2.35. The number of aryl methyl sites for hydroxylation is 1. The molecule has 0 bridgehead atoms. The number of rotatable bonds is 5. The minimum atomic E-state index is -1.06. The van der Waals surface area contributed by atoms with Crippen LogP contribution < -0.4 is 0 Å². The number of nitro benzene ring substituents is 1. The van der Waals surface area contributed by atoms with Gasteiger partial charge in [0, 0.05) is 30.8 Å². The molecule has 0 spiro atoms. The molecule has 1 aliphatic heterocycles. The normalized spacial score (nSPS) is 16.1. The molecule has 10 heteroatoms. The number of non-ortho nitro benzene ring substituents is 1. The van der Waals surface area contributed by atoms with E-state index in [0.717, 1.165) is 17.3 Å². The number of carbonyl (C=O) groups excluding carboxylic acids is 1. The van der Waals surface area contributed by atoms with Gasteiger partial charge in [-0.1, -0.05) is 12.1 Å². The van der Waals surface area contributed by atoms with E-state index in [2.05, 4.69) is 4.99 Å². The molecule has 4 rings (SSSR count). The Hall–Kier alpha value is -4.18. The summed E-state index contributed by atoms with van der Waals surface area (Å²) < 4.78 is 5.84. The topological polar surface area (TPSA) is 126 Å². The molecule has 9 nitrogen and oxygen atoms in total. The standard InChI is InChI=1S/C23H17N3O6S/c1-13-6-7-16(26(30)31)11-18(13)19-9-8-17(32-19)12-20-21(27)25(2)23(33-20)24-15-5-3-4-14(10-15)22(28)29/h3-12H,1-2H3,(H,28,29)/b20-12+,24-23?. The quantitative estimate of drug-likeness (QED) is 0.317. The molecule has 0 saturated carbocycles. The molecular weight excluding hydrogens is 446 g/mol. The van der Waals surface area contributed by atoms with Gasteiger partial charge in [0.05, 0.1) is 21.1 Å². The predicted molar refractivity (Wildman–Crippen MR) is 124 cm³/mol. The Bertz CT molecular complexity index is 1360. The molecule has 1 aromatic heterocycles. The van der Waals surface area contributed by atoms with E-state index >= 15 is 0 Å². The van der Waals surface area contributed by atoms with Crippen molar-refractivity contribution in [2.75, 3.05) is 7.05 Å². The van der Waals surface area contributed by atoms with Crippen molar-refractivity contribution in [2.24, 2.45) is 4.99 Å². The van der Waals surface area contributed by atoms with Crippen LogP contribution in [0.3, 0.4) is 0 Å². The second kappa shape index (κ2) is 8.75. The molecular formula is C23H17N3O6S. The van der Waals surface area contributed by atoms with Gasteiger partial charge in [0.25, 0.3) is 11.6 Å². The molecule has 0 radical (unpaired) electrons. The van der Waals surface area contributed by atoms with Crippen molar-refractivity contribution in [1.82, 2.24) is 4.90 Å². The summed E-state index contributed by atoms with van der Waals surface area (Å²) in [5.74, 6) is -0.480. The number of nitro groups is 1. The van der Waals surface area contributed by atoms with Gasteiger partial charge < -0.3 is 9.52 Å². The van der Waals surface area contributed by atoms with Gasteiger partial charge in [-0.15, -0.1) is 0 Å². The van der Waals surface area contributed by atoms with Crippen LogP contribution in [0.15, 0.2) is 68.9 Å². The van der Waals surface area contributed by atoms with Crippen LogP contribution in [0.1, 0.15) is 21.7 Å². The van der Waals surface area contributed by atoms with Crippen molar-refractivity contribution in [3.05, 3.63) is 86.5 Å². The van der Waals surface area contributed by atoms with E-state index in [1.54, 1.807) is 43.5 Å². The van der Waals surface area contributed by atoms with Gasteiger partial charge in [-0.05, 0) is 54.6 Å². The summed E-state index contributed by atoms with van der Waals surface area (Å²) in [6, 6.07) is 14.0. The third-order valence-electron chi connectivity index (χ3n) is 4.92. The zero-order valence-corrected chi connectivity index (χ0v) is 18.3. The summed E-state index contributed by atoms with van der Waals surface area (Å²) in [7, 11) is 1.58. The summed E-state index contributed by atoms with van der Waals surface area (Å²) in [6.07, 6.45) is 1.58. The average Bonchev–Trinajstić information content (AvgIpc) is 3.35. The van der Waals surface area contributed by atoms with Gasteiger partial charge in [-0.2, -0.15) is 0 Å². The predicted octanol–water partition coefficient (Wildman–Crippen LogP) is 5.10. The van der Waals surface area contributed by atoms with Crippen LogP contribution in [0.4, 0.5) is 11.4 Å². The number of aromatic carboxylic acids is 1. The lowest BCUT2D eigenvalue weighted by Gasteiger charge is -2.07. The molecule has 1 amide bonds. The van der Waals surface area contributed by atoms with E-state index in [4.69, 9.17) is 9.52 Å². The molecule has 0 aliphatic carbocycles. The highest BCUT2D eigenvalue weighted by Gasteiger charge is 2.30. The fourth-order valence-electron chi connectivity index (χ4n) is 3.16. The summed E-state index contributed by atoms with van der Waals surface area (Å²) in [6.45, 7) is 1.83. The van der Waals surface area contributed by atoms with E-state index in [-0.39, 0.29) is 17.2 Å². The number of furan rings is 1. The van der Waals surface area contributed by atoms with Gasteiger partial charge in [0.15, 0.2) is 5.17 Å². The van der Waals surface area contributed by atoms with E-state index in [1.165, 1.54) is 29.2 Å². The summed E-state index contributed by atoms with van der Waals surface area (Å²) >= 11 is 1.14. The summed E-state index contributed by atoms with van der Waals surface area (Å²) in [4.78, 5) is 40.6. The Balaban J connectivity index is 1.61. The number of thioether (sulfide) groups is 1. The van der Waals surface area contributed by atoms with Gasteiger partial charge in [-0.25, -0.2) is 9.79 Å². The van der Waals surface area contributed by atoms with E-state index in [0.29, 0.717) is 32.8 Å². The minimum Gasteiger partial charge on any atom is -0.478 e. The van der Waals surface area contributed by atoms with Crippen LogP contribution in [0.5, 0.6) is 0 Å². The van der Waals surface area contributed by atoms with E-state index in [9.17, 15) is 19.7 Å². The highest BCUT2D eigenvalue weighted by molar-refractivity contribution is 8.18. The molecule has 33 heavy (non-hydrogen) atoms. The van der Waals surface area contributed by atoms with Crippen LogP contribution in [0.25, 0.3) is 17.4 Å². The number of hydrogen-bond acceptors (Lipinski definition) is 7. The lowest BCUT2D eigenvalue weighted by Crippen LogP contribution is -2.23. The van der Waals surface area contributed by atoms with Crippen molar-refractivity contribution >= 4 is 46.3 Å². The van der Waals surface area contributed by atoms with Crippen LogP contribution in [0.2, 0.25) is 0 Å². The number of aliphatic imine (C=N–C) groups is 1. The number of benzene rings is 2. The number of carbonyl (C=O) groups is 2. The smallest absolute Gasteiger partial charge is 0.335 e. The Morgan fingerprint density at radius 2 is 2.00 bits per heavy atom. The first-order valence-corrected chi connectivity index (χ1v) is 10.5. The molecule has 2 aromatic carbocycles. The number of hydrogen-bond donors (Lipinski definition) is 1. The van der Waals surface area contributed by atoms with Crippen molar-refractivity contribution in [2.45, 2.75) is 6.92 Å². The van der Waals surface area contributed by atoms with E-state index < -0.39 is 10.9 Å². The van der Waals surface area contributed by atoms with Crippen molar-refractivity contribution in [3.63, 3.8) is 0 Å². The molecule has 2 heterocycles. The number of likely N-dealkylation sites (N-methyl/N-ethyl adjacent to an activating group) is 1. The number of amides is 1. The van der Waals surface area contributed by atoms with E-state index in [1.807, 2.05) is 6.92 Å². The molecule has 166 valence electrons. The van der Waals surface area contributed by atoms with Gasteiger partial charge in [-0.3, -0.25) is 19.8 Å². The third kappa shape index (κ3) is 4.55. The fraction of sp³-hybridized carbons (Fsp3) is 0.0870. The first kappa shape index (κ1) is 22.0. The van der Waals surface area contributed by atoms with Gasteiger partial charge >= 0.3 is 5.97 Å². The number of amidine groups is 1. The maximum Gasteiger partial charge on any atom is 0.335 e. The molecule has 3 aromatic rings. The number of carboxylic acids is 1. The molecule has 0 unspecified atom stereocenters. The molecule has 1 fully saturated rings. The van der Waals surface area contributed by atoms with Crippen molar-refractivity contribution in [1.29, 1.82) is 0 Å². The first-order chi connectivity index (χ1) is 15.7. The molecule has 1 aliphatic rings. The summed E-state index contributed by atoms with van der Waals surface area (Å²) in [5.41, 5.74) is 1.89. The highest BCUT2D eigenvalue weighted by atomic mass is 32.2. The third-order valence-corrected chi connectivity index (χ3v) is 5.98. The Morgan fingerprint density at radius 1 is 1.21 bits per heavy atom. The SMILES string of the molecule is Cc1ccc([N+](=O)[O-])cc1-c1ccc(/C=C2/SC(=Nc3cccc(C(=O)O)c3)N(C)C2=O)o1. The van der Waals surface area contributed by atoms with Gasteiger partial charge in [0.1, 0.15) is 11.5 Å².